The number of fused-ring (bicyclic) bond motifs is 1. The zero-order valence-electron chi connectivity index (χ0n) is 11.3. The van der Waals surface area contributed by atoms with Gasteiger partial charge in [0.15, 0.2) is 0 Å². The van der Waals surface area contributed by atoms with Crippen molar-refractivity contribution in [3.05, 3.63) is 40.3 Å². The average Bonchev–Trinajstić information content (AvgIpc) is 2.91. The molecule has 3 aromatic heterocycles. The van der Waals surface area contributed by atoms with Gasteiger partial charge in [-0.25, -0.2) is 4.98 Å². The highest BCUT2D eigenvalue weighted by Gasteiger charge is 2.18. The number of aryl methyl sites for hydroxylation is 3. The van der Waals surface area contributed by atoms with Crippen molar-refractivity contribution in [3.63, 3.8) is 0 Å². The highest BCUT2D eigenvalue weighted by molar-refractivity contribution is 7.19. The molecule has 0 radical (unpaired) electrons. The lowest BCUT2D eigenvalue weighted by Gasteiger charge is -2.04. The van der Waals surface area contributed by atoms with Gasteiger partial charge in [-0.1, -0.05) is 11.3 Å². The summed E-state index contributed by atoms with van der Waals surface area (Å²) in [5, 5.41) is 10.8. The summed E-state index contributed by atoms with van der Waals surface area (Å²) in [6.07, 6.45) is 1.67. The maximum absolute atomic E-state index is 12.3. The van der Waals surface area contributed by atoms with E-state index in [1.54, 1.807) is 6.20 Å². The summed E-state index contributed by atoms with van der Waals surface area (Å²) >= 11 is 1.33. The number of carbonyl (C=O) groups is 1. The Balaban J connectivity index is 1.94. The maximum Gasteiger partial charge on any atom is 0.268 e. The number of hydrogen-bond acceptors (Lipinski definition) is 5. The third-order valence-electron chi connectivity index (χ3n) is 3.02. The number of nitrogens with one attached hydrogen (secondary N) is 1. The Kier molecular flexibility index (Phi) is 2.98. The minimum Gasteiger partial charge on any atom is -0.306 e. The molecule has 102 valence electrons. The summed E-state index contributed by atoms with van der Waals surface area (Å²) in [5.41, 5.74) is 1.89. The molecule has 3 heterocycles. The second-order valence-electron chi connectivity index (χ2n) is 4.55. The lowest BCUT2D eigenvalue weighted by Crippen LogP contribution is -2.13. The van der Waals surface area contributed by atoms with Crippen molar-refractivity contribution < 1.29 is 4.79 Å². The molecule has 0 spiro atoms. The number of anilines is 1. The molecule has 3 rings (SSSR count). The van der Waals surface area contributed by atoms with Gasteiger partial charge in [0.25, 0.3) is 5.91 Å². The van der Waals surface area contributed by atoms with Crippen molar-refractivity contribution in [2.75, 3.05) is 5.32 Å². The van der Waals surface area contributed by atoms with E-state index in [0.29, 0.717) is 10.7 Å². The zero-order valence-corrected chi connectivity index (χ0v) is 12.2. The molecule has 0 aromatic carbocycles. The second-order valence-corrected chi connectivity index (χ2v) is 5.53. The Labute approximate surface area is 119 Å². The Hall–Kier alpha value is -2.28. The topological polar surface area (TPSA) is 72.2 Å². The zero-order chi connectivity index (χ0) is 14.3. The summed E-state index contributed by atoms with van der Waals surface area (Å²) in [6, 6.07) is 3.72. The molecule has 0 aliphatic carbocycles. The van der Waals surface area contributed by atoms with Crippen LogP contribution in [0.2, 0.25) is 0 Å². The SMILES string of the molecule is Cc1ccnc(NC(=O)c2sc3nnc(C)n3c2C)c1. The van der Waals surface area contributed by atoms with Gasteiger partial charge in [-0.05, 0) is 38.5 Å². The minimum absolute atomic E-state index is 0.171. The van der Waals surface area contributed by atoms with E-state index < -0.39 is 0 Å². The standard InChI is InChI=1S/C13H13N5OS/c1-7-4-5-14-10(6-7)15-12(19)11-8(2)18-9(3)16-17-13(18)20-11/h4-6H,1-3H3,(H,14,15,19). The Morgan fingerprint density at radius 1 is 1.30 bits per heavy atom. The first kappa shape index (κ1) is 12.7. The fourth-order valence-electron chi connectivity index (χ4n) is 2.05. The molecule has 0 fully saturated rings. The largest absolute Gasteiger partial charge is 0.306 e. The average molecular weight is 287 g/mol. The number of aromatic nitrogens is 4. The van der Waals surface area contributed by atoms with E-state index in [1.165, 1.54) is 11.3 Å². The van der Waals surface area contributed by atoms with Crippen LogP contribution in [0.3, 0.4) is 0 Å². The van der Waals surface area contributed by atoms with Gasteiger partial charge in [0.1, 0.15) is 16.5 Å². The van der Waals surface area contributed by atoms with E-state index in [0.717, 1.165) is 22.0 Å². The van der Waals surface area contributed by atoms with Crippen LogP contribution in [0, 0.1) is 20.8 Å². The van der Waals surface area contributed by atoms with E-state index in [-0.39, 0.29) is 5.91 Å². The van der Waals surface area contributed by atoms with Crippen LogP contribution in [0.5, 0.6) is 0 Å². The molecule has 0 saturated carbocycles. The lowest BCUT2D eigenvalue weighted by atomic mass is 10.3. The monoisotopic (exact) mass is 287 g/mol. The summed E-state index contributed by atoms with van der Waals surface area (Å²) in [7, 11) is 0. The van der Waals surface area contributed by atoms with Crippen LogP contribution in [0.25, 0.3) is 4.96 Å². The fraction of sp³-hybridized carbons (Fsp3) is 0.231. The first-order valence-corrected chi connectivity index (χ1v) is 6.93. The van der Waals surface area contributed by atoms with Crippen molar-refractivity contribution in [3.8, 4) is 0 Å². The smallest absolute Gasteiger partial charge is 0.268 e. The quantitative estimate of drug-likeness (QED) is 0.785. The van der Waals surface area contributed by atoms with Gasteiger partial charge in [0.05, 0.1) is 0 Å². The summed E-state index contributed by atoms with van der Waals surface area (Å²) < 4.78 is 1.88. The van der Waals surface area contributed by atoms with Gasteiger partial charge in [0, 0.05) is 11.9 Å². The second kappa shape index (κ2) is 4.68. The molecule has 0 bridgehead atoms. The number of hydrogen-bond donors (Lipinski definition) is 1. The molecule has 7 heteroatoms. The number of carbonyl (C=O) groups excluding carboxylic acids is 1. The third kappa shape index (κ3) is 2.05. The highest BCUT2D eigenvalue weighted by atomic mass is 32.1. The third-order valence-corrected chi connectivity index (χ3v) is 4.15. The van der Waals surface area contributed by atoms with Gasteiger partial charge in [-0.15, -0.1) is 10.2 Å². The van der Waals surface area contributed by atoms with E-state index in [4.69, 9.17) is 0 Å². The molecule has 0 aliphatic rings. The predicted octanol–water partition coefficient (Wildman–Crippen LogP) is 2.36. The van der Waals surface area contributed by atoms with E-state index in [1.807, 2.05) is 37.3 Å². The fourth-order valence-corrected chi connectivity index (χ4v) is 3.06. The summed E-state index contributed by atoms with van der Waals surface area (Å²) in [6.45, 7) is 5.71. The van der Waals surface area contributed by atoms with Crippen molar-refractivity contribution in [1.29, 1.82) is 0 Å². The van der Waals surface area contributed by atoms with Gasteiger partial charge in [-0.3, -0.25) is 9.20 Å². The normalized spacial score (nSPS) is 10.9. The Morgan fingerprint density at radius 3 is 2.80 bits per heavy atom. The van der Waals surface area contributed by atoms with Crippen molar-refractivity contribution >= 4 is 28.0 Å². The van der Waals surface area contributed by atoms with E-state index >= 15 is 0 Å². The molecule has 0 saturated heterocycles. The predicted molar refractivity (Wildman–Crippen MR) is 77.3 cm³/mol. The Bertz CT molecular complexity index is 804. The van der Waals surface area contributed by atoms with Gasteiger partial charge >= 0.3 is 0 Å². The maximum atomic E-state index is 12.3. The van der Waals surface area contributed by atoms with Crippen LogP contribution in [0.1, 0.15) is 26.8 Å². The van der Waals surface area contributed by atoms with Crippen LogP contribution in [0.4, 0.5) is 5.82 Å². The molecule has 0 aliphatic heterocycles. The molecule has 20 heavy (non-hydrogen) atoms. The van der Waals surface area contributed by atoms with E-state index in [2.05, 4.69) is 20.5 Å². The number of nitrogens with zero attached hydrogens (tertiary/aromatic N) is 4. The molecule has 0 atom stereocenters. The van der Waals surface area contributed by atoms with Crippen LogP contribution < -0.4 is 5.32 Å². The molecule has 1 amide bonds. The molecule has 6 nitrogen and oxygen atoms in total. The number of amides is 1. The van der Waals surface area contributed by atoms with Gasteiger partial charge in [-0.2, -0.15) is 0 Å². The molecule has 3 aromatic rings. The molecular weight excluding hydrogens is 274 g/mol. The van der Waals surface area contributed by atoms with E-state index in [9.17, 15) is 4.79 Å². The van der Waals surface area contributed by atoms with Gasteiger partial charge in [0.2, 0.25) is 4.96 Å². The van der Waals surface area contributed by atoms with Crippen molar-refractivity contribution in [2.24, 2.45) is 0 Å². The molecular formula is C13H13N5OS. The lowest BCUT2D eigenvalue weighted by molar-refractivity contribution is 0.102. The first-order valence-electron chi connectivity index (χ1n) is 6.11. The summed E-state index contributed by atoms with van der Waals surface area (Å²) in [4.78, 5) is 17.8. The van der Waals surface area contributed by atoms with Crippen LogP contribution >= 0.6 is 11.3 Å². The minimum atomic E-state index is -0.171. The van der Waals surface area contributed by atoms with Crippen LogP contribution in [-0.4, -0.2) is 25.5 Å². The first-order chi connectivity index (χ1) is 9.56. The van der Waals surface area contributed by atoms with Crippen molar-refractivity contribution in [1.82, 2.24) is 19.6 Å². The Morgan fingerprint density at radius 2 is 2.10 bits per heavy atom. The van der Waals surface area contributed by atoms with Gasteiger partial charge < -0.3 is 5.32 Å². The number of rotatable bonds is 2. The van der Waals surface area contributed by atoms with Crippen molar-refractivity contribution in [2.45, 2.75) is 20.8 Å². The summed E-state index contributed by atoms with van der Waals surface area (Å²) in [5.74, 6) is 1.16. The van der Waals surface area contributed by atoms with Crippen LogP contribution in [-0.2, 0) is 0 Å². The number of pyridine rings is 1. The number of thiazole rings is 1. The molecule has 0 unspecified atom stereocenters. The van der Waals surface area contributed by atoms with Crippen LogP contribution in [0.15, 0.2) is 18.3 Å². The molecule has 1 N–H and O–H groups in total. The highest BCUT2D eigenvalue weighted by Crippen LogP contribution is 2.23.